The van der Waals surface area contributed by atoms with Crippen molar-refractivity contribution in [3.63, 3.8) is 0 Å². The van der Waals surface area contributed by atoms with Gasteiger partial charge in [0.05, 0.1) is 30.3 Å². The molecule has 6 nitrogen and oxygen atoms in total. The van der Waals surface area contributed by atoms with Crippen LogP contribution in [0.25, 0.3) is 22.4 Å². The molecule has 0 aliphatic rings. The predicted molar refractivity (Wildman–Crippen MR) is 112 cm³/mol. The van der Waals surface area contributed by atoms with Crippen LogP contribution in [0.2, 0.25) is 0 Å². The molecule has 28 heavy (non-hydrogen) atoms. The summed E-state index contributed by atoms with van der Waals surface area (Å²) in [5.41, 5.74) is 6.60. The molecule has 0 amide bonds. The number of aliphatic hydroxyl groups excluding tert-OH is 1. The average Bonchev–Trinajstić information content (AvgIpc) is 3.03. The molecule has 0 aliphatic heterocycles. The maximum Gasteiger partial charge on any atom is 0.213 e. The van der Waals surface area contributed by atoms with Crippen molar-refractivity contribution in [1.82, 2.24) is 19.5 Å². The second-order valence-corrected chi connectivity index (χ2v) is 6.96. The highest BCUT2D eigenvalue weighted by Gasteiger charge is 2.21. The Balaban J connectivity index is 2.21. The topological polar surface area (TPSA) is 73.1 Å². The van der Waals surface area contributed by atoms with Crippen LogP contribution in [0.4, 0.5) is 0 Å². The van der Waals surface area contributed by atoms with Gasteiger partial charge in [0.15, 0.2) is 5.65 Å². The van der Waals surface area contributed by atoms with Crippen LogP contribution in [0.15, 0.2) is 18.3 Å². The quantitative estimate of drug-likeness (QED) is 0.636. The van der Waals surface area contributed by atoms with Gasteiger partial charge in [0, 0.05) is 36.4 Å². The van der Waals surface area contributed by atoms with E-state index in [0.717, 1.165) is 58.6 Å². The molecule has 1 unspecified atom stereocenters. The van der Waals surface area contributed by atoms with Gasteiger partial charge in [0.1, 0.15) is 5.52 Å². The number of pyridine rings is 1. The molecule has 3 aromatic rings. The number of ether oxygens (including phenoxy) is 1. The van der Waals surface area contributed by atoms with Gasteiger partial charge in [-0.05, 0) is 32.3 Å². The van der Waals surface area contributed by atoms with Crippen LogP contribution in [0, 0.1) is 0 Å². The highest BCUT2D eigenvalue weighted by atomic mass is 16.5. The molecule has 1 N–H and O–H groups in total. The number of aliphatic hydroxyl groups is 1. The van der Waals surface area contributed by atoms with E-state index in [1.807, 2.05) is 30.7 Å². The van der Waals surface area contributed by atoms with Crippen LogP contribution in [0.1, 0.15) is 57.0 Å². The van der Waals surface area contributed by atoms with E-state index in [1.54, 1.807) is 0 Å². The fraction of sp³-hybridized carbons (Fsp3) is 0.500. The summed E-state index contributed by atoms with van der Waals surface area (Å²) in [6.45, 7) is 8.94. The molecular weight excluding hydrogens is 352 g/mol. The second kappa shape index (κ2) is 8.69. The van der Waals surface area contributed by atoms with Crippen LogP contribution in [0.3, 0.4) is 0 Å². The van der Waals surface area contributed by atoms with Gasteiger partial charge in [-0.2, -0.15) is 0 Å². The minimum Gasteiger partial charge on any atom is -0.478 e. The van der Waals surface area contributed by atoms with Crippen LogP contribution < -0.4 is 4.74 Å². The van der Waals surface area contributed by atoms with E-state index in [2.05, 4.69) is 32.0 Å². The number of nitrogens with zero attached hydrogens (tertiary/aromatic N) is 4. The summed E-state index contributed by atoms with van der Waals surface area (Å²) in [5.74, 6) is 0.719. The number of aromatic nitrogens is 4. The van der Waals surface area contributed by atoms with E-state index in [1.165, 1.54) is 0 Å². The largest absolute Gasteiger partial charge is 0.478 e. The Hall–Kier alpha value is -2.47. The van der Waals surface area contributed by atoms with Gasteiger partial charge in [0.2, 0.25) is 5.88 Å². The van der Waals surface area contributed by atoms with Crippen molar-refractivity contribution in [2.75, 3.05) is 13.2 Å². The molecule has 0 spiro atoms. The Kier molecular flexibility index (Phi) is 6.29. The van der Waals surface area contributed by atoms with Crippen molar-refractivity contribution in [2.45, 2.75) is 52.9 Å². The first-order chi connectivity index (χ1) is 13.6. The van der Waals surface area contributed by atoms with E-state index in [-0.39, 0.29) is 12.5 Å². The summed E-state index contributed by atoms with van der Waals surface area (Å²) in [6.07, 6.45) is 4.48. The standard InChI is InChI=1S/C22H30N4O2/c1-6-14(13-27)16-12-26(5)22-21(16)24-18(8-3)20(25-22)15-10-11-19(28-9-4)23-17(15)7-2/h10-12,14,27H,6-9,13H2,1-5H3. The summed E-state index contributed by atoms with van der Waals surface area (Å²) in [4.78, 5) is 14.7. The SMILES string of the molecule is CCOc1ccc(-c2nc3c(nc2CC)c(C(CC)CO)cn3C)c(CC)n1. The molecule has 0 saturated heterocycles. The Morgan fingerprint density at radius 1 is 1.04 bits per heavy atom. The fourth-order valence-corrected chi connectivity index (χ4v) is 3.63. The second-order valence-electron chi connectivity index (χ2n) is 6.96. The predicted octanol–water partition coefficient (Wildman–Crippen LogP) is 4.04. The van der Waals surface area contributed by atoms with Crippen LogP contribution in [0.5, 0.6) is 5.88 Å². The van der Waals surface area contributed by atoms with Crippen molar-refractivity contribution in [3.05, 3.63) is 35.3 Å². The molecule has 3 heterocycles. The minimum absolute atomic E-state index is 0.0758. The minimum atomic E-state index is 0.0758. The summed E-state index contributed by atoms with van der Waals surface area (Å²) in [5, 5.41) is 9.77. The maximum atomic E-state index is 9.77. The van der Waals surface area contributed by atoms with Gasteiger partial charge >= 0.3 is 0 Å². The maximum absolute atomic E-state index is 9.77. The monoisotopic (exact) mass is 382 g/mol. The molecule has 0 aliphatic carbocycles. The Labute approximate surface area is 166 Å². The van der Waals surface area contributed by atoms with Gasteiger partial charge in [-0.3, -0.25) is 0 Å². The molecular formula is C22H30N4O2. The summed E-state index contributed by atoms with van der Waals surface area (Å²) < 4.78 is 7.57. The van der Waals surface area contributed by atoms with Gasteiger partial charge in [0.25, 0.3) is 0 Å². The molecule has 0 bridgehead atoms. The molecule has 150 valence electrons. The molecule has 0 saturated carbocycles. The lowest BCUT2D eigenvalue weighted by molar-refractivity contribution is 0.263. The smallest absolute Gasteiger partial charge is 0.213 e. The summed E-state index contributed by atoms with van der Waals surface area (Å²) >= 11 is 0. The number of rotatable bonds is 8. The number of hydrogen-bond donors (Lipinski definition) is 1. The van der Waals surface area contributed by atoms with Gasteiger partial charge < -0.3 is 14.4 Å². The molecule has 0 aromatic carbocycles. The van der Waals surface area contributed by atoms with Crippen molar-refractivity contribution >= 4 is 11.2 Å². The third-order valence-corrected chi connectivity index (χ3v) is 5.21. The number of fused-ring (bicyclic) bond motifs is 1. The van der Waals surface area contributed by atoms with Gasteiger partial charge in [-0.25, -0.2) is 15.0 Å². The Bertz CT molecular complexity index is 961. The zero-order chi connectivity index (χ0) is 20.3. The molecule has 3 aromatic heterocycles. The van der Waals surface area contributed by atoms with E-state index < -0.39 is 0 Å². The van der Waals surface area contributed by atoms with Gasteiger partial charge in [-0.1, -0.05) is 20.8 Å². The zero-order valence-corrected chi connectivity index (χ0v) is 17.5. The third kappa shape index (κ3) is 3.61. The van der Waals surface area contributed by atoms with Crippen molar-refractivity contribution in [3.8, 4) is 17.1 Å². The van der Waals surface area contributed by atoms with E-state index in [0.29, 0.717) is 12.5 Å². The number of hydrogen-bond acceptors (Lipinski definition) is 5. The average molecular weight is 383 g/mol. The normalized spacial score (nSPS) is 12.5. The van der Waals surface area contributed by atoms with Crippen LogP contribution in [-0.4, -0.2) is 37.8 Å². The zero-order valence-electron chi connectivity index (χ0n) is 17.5. The van der Waals surface area contributed by atoms with Crippen molar-refractivity contribution in [1.29, 1.82) is 0 Å². The van der Waals surface area contributed by atoms with Crippen molar-refractivity contribution in [2.24, 2.45) is 7.05 Å². The first kappa shape index (κ1) is 20.3. The molecule has 0 radical (unpaired) electrons. The first-order valence-corrected chi connectivity index (χ1v) is 10.2. The van der Waals surface area contributed by atoms with E-state index >= 15 is 0 Å². The molecule has 6 heteroatoms. The first-order valence-electron chi connectivity index (χ1n) is 10.2. The highest BCUT2D eigenvalue weighted by molar-refractivity contribution is 5.81. The third-order valence-electron chi connectivity index (χ3n) is 5.21. The highest BCUT2D eigenvalue weighted by Crippen LogP contribution is 2.32. The Morgan fingerprint density at radius 3 is 2.39 bits per heavy atom. The van der Waals surface area contributed by atoms with Crippen LogP contribution in [-0.2, 0) is 19.9 Å². The lowest BCUT2D eigenvalue weighted by Gasteiger charge is -2.14. The number of aryl methyl sites for hydroxylation is 3. The van der Waals surface area contributed by atoms with Gasteiger partial charge in [-0.15, -0.1) is 0 Å². The lowest BCUT2D eigenvalue weighted by Crippen LogP contribution is -2.05. The van der Waals surface area contributed by atoms with Crippen LogP contribution >= 0.6 is 0 Å². The molecule has 0 fully saturated rings. The van der Waals surface area contributed by atoms with E-state index in [4.69, 9.17) is 14.7 Å². The fourth-order valence-electron chi connectivity index (χ4n) is 3.63. The molecule has 1 atom stereocenters. The molecule has 3 rings (SSSR count). The Morgan fingerprint density at radius 2 is 1.79 bits per heavy atom. The summed E-state index contributed by atoms with van der Waals surface area (Å²) in [6, 6.07) is 3.94. The van der Waals surface area contributed by atoms with E-state index in [9.17, 15) is 5.11 Å². The summed E-state index contributed by atoms with van der Waals surface area (Å²) in [7, 11) is 1.98. The lowest BCUT2D eigenvalue weighted by atomic mass is 9.99. The van der Waals surface area contributed by atoms with Crippen molar-refractivity contribution < 1.29 is 9.84 Å².